The lowest BCUT2D eigenvalue weighted by Crippen LogP contribution is -2.21. The first-order valence-electron chi connectivity index (χ1n) is 8.86. The van der Waals surface area contributed by atoms with Gasteiger partial charge in [-0.1, -0.05) is 42.1 Å². The Morgan fingerprint density at radius 2 is 1.93 bits per heavy atom. The molecule has 2 aromatic carbocycles. The third-order valence-corrected chi connectivity index (χ3v) is 6.44. The van der Waals surface area contributed by atoms with E-state index in [9.17, 15) is 18.4 Å². The molecule has 0 fully saturated rings. The molecule has 5 nitrogen and oxygen atoms in total. The van der Waals surface area contributed by atoms with E-state index < -0.39 is 17.5 Å². The number of benzene rings is 2. The molecule has 1 amide bonds. The molecule has 30 heavy (non-hydrogen) atoms. The van der Waals surface area contributed by atoms with Gasteiger partial charge >= 0.3 is 0 Å². The molecule has 4 aromatic rings. The van der Waals surface area contributed by atoms with E-state index in [1.165, 1.54) is 15.9 Å². The number of carbonyl (C=O) groups excluding carboxylic acids is 1. The number of anilines is 1. The fourth-order valence-corrected chi connectivity index (χ4v) is 4.68. The first-order chi connectivity index (χ1) is 14.4. The topological polar surface area (TPSA) is 64.0 Å². The van der Waals surface area contributed by atoms with Crippen molar-refractivity contribution in [1.82, 2.24) is 9.55 Å². The summed E-state index contributed by atoms with van der Waals surface area (Å²) >= 11 is 2.47. The summed E-state index contributed by atoms with van der Waals surface area (Å²) in [7, 11) is 1.59. The molecule has 0 aliphatic heterocycles. The second kappa shape index (κ2) is 8.37. The van der Waals surface area contributed by atoms with Crippen LogP contribution in [0, 0.1) is 11.6 Å². The molecule has 0 aliphatic carbocycles. The largest absolute Gasteiger partial charge is 0.323 e. The standard InChI is InChI=1S/C21H15F2N3O2S2/c1-26-20(28)14-10-17(12-5-3-2-4-6-12)30-19(14)25-21(26)29-11-18(27)24-16-8-7-13(22)9-15(16)23/h2-10H,11H2,1H3,(H,24,27). The number of amides is 1. The zero-order valence-electron chi connectivity index (χ0n) is 15.7. The van der Waals surface area contributed by atoms with Crippen LogP contribution in [-0.4, -0.2) is 21.2 Å². The highest BCUT2D eigenvalue weighted by Gasteiger charge is 2.15. The number of hydrogen-bond acceptors (Lipinski definition) is 5. The number of aromatic nitrogens is 2. The molecule has 0 saturated carbocycles. The molecule has 4 rings (SSSR count). The van der Waals surface area contributed by atoms with E-state index >= 15 is 0 Å². The van der Waals surface area contributed by atoms with E-state index in [1.54, 1.807) is 7.05 Å². The first-order valence-corrected chi connectivity index (χ1v) is 10.7. The maximum absolute atomic E-state index is 13.7. The average Bonchev–Trinajstić information content (AvgIpc) is 3.17. The first kappa shape index (κ1) is 20.2. The zero-order valence-corrected chi connectivity index (χ0v) is 17.3. The normalized spacial score (nSPS) is 11.0. The molecule has 152 valence electrons. The fourth-order valence-electron chi connectivity index (χ4n) is 2.83. The summed E-state index contributed by atoms with van der Waals surface area (Å²) in [6, 6.07) is 14.4. The molecule has 0 aliphatic rings. The van der Waals surface area contributed by atoms with Crippen molar-refractivity contribution in [3.8, 4) is 10.4 Å². The second-order valence-electron chi connectivity index (χ2n) is 6.42. The Balaban J connectivity index is 1.54. The van der Waals surface area contributed by atoms with Gasteiger partial charge in [0.25, 0.3) is 5.56 Å². The molecule has 9 heteroatoms. The minimum Gasteiger partial charge on any atom is -0.323 e. The highest BCUT2D eigenvalue weighted by molar-refractivity contribution is 7.99. The molecular weight excluding hydrogens is 428 g/mol. The van der Waals surface area contributed by atoms with Crippen molar-refractivity contribution in [3.05, 3.63) is 76.6 Å². The number of fused-ring (bicyclic) bond motifs is 1. The van der Waals surface area contributed by atoms with Gasteiger partial charge in [-0.3, -0.25) is 14.2 Å². The van der Waals surface area contributed by atoms with Crippen LogP contribution in [0.5, 0.6) is 0 Å². The Bertz CT molecular complexity index is 1300. The quantitative estimate of drug-likeness (QED) is 0.360. The lowest BCUT2D eigenvalue weighted by atomic mass is 10.2. The van der Waals surface area contributed by atoms with E-state index in [-0.39, 0.29) is 17.0 Å². The van der Waals surface area contributed by atoms with Gasteiger partial charge in [0, 0.05) is 18.0 Å². The molecule has 0 atom stereocenters. The van der Waals surface area contributed by atoms with E-state index in [4.69, 9.17) is 0 Å². The summed E-state index contributed by atoms with van der Waals surface area (Å²) in [6.45, 7) is 0. The number of thiophene rings is 1. The van der Waals surface area contributed by atoms with Gasteiger partial charge in [-0.2, -0.15) is 0 Å². The van der Waals surface area contributed by atoms with Crippen LogP contribution in [-0.2, 0) is 11.8 Å². The van der Waals surface area contributed by atoms with Gasteiger partial charge < -0.3 is 5.32 Å². The van der Waals surface area contributed by atoms with Crippen LogP contribution in [0.4, 0.5) is 14.5 Å². The molecular formula is C21H15F2N3O2S2. The highest BCUT2D eigenvalue weighted by Crippen LogP contribution is 2.32. The predicted molar refractivity (Wildman–Crippen MR) is 116 cm³/mol. The molecule has 0 spiro atoms. The Morgan fingerprint density at radius 1 is 1.17 bits per heavy atom. The van der Waals surface area contributed by atoms with Crippen molar-refractivity contribution in [2.45, 2.75) is 5.16 Å². The molecule has 0 bridgehead atoms. The molecule has 2 aromatic heterocycles. The molecule has 1 N–H and O–H groups in total. The van der Waals surface area contributed by atoms with Gasteiger partial charge in [0.1, 0.15) is 16.5 Å². The van der Waals surface area contributed by atoms with Crippen LogP contribution < -0.4 is 10.9 Å². The van der Waals surface area contributed by atoms with E-state index in [2.05, 4.69) is 10.3 Å². The smallest absolute Gasteiger partial charge is 0.262 e. The maximum Gasteiger partial charge on any atom is 0.262 e. The van der Waals surface area contributed by atoms with E-state index in [0.29, 0.717) is 21.4 Å². The van der Waals surface area contributed by atoms with Gasteiger partial charge in [0.2, 0.25) is 5.91 Å². The lowest BCUT2D eigenvalue weighted by molar-refractivity contribution is -0.113. The maximum atomic E-state index is 13.7. The number of nitrogens with zero attached hydrogens (tertiary/aromatic N) is 2. The van der Waals surface area contributed by atoms with Crippen LogP contribution in [0.2, 0.25) is 0 Å². The van der Waals surface area contributed by atoms with E-state index in [0.717, 1.165) is 34.3 Å². The van der Waals surface area contributed by atoms with Gasteiger partial charge in [0.15, 0.2) is 5.16 Å². The van der Waals surface area contributed by atoms with Crippen molar-refractivity contribution in [2.24, 2.45) is 7.05 Å². The SMILES string of the molecule is Cn1c(SCC(=O)Nc2ccc(F)cc2F)nc2sc(-c3ccccc3)cc2c1=O. The number of thioether (sulfide) groups is 1. The van der Waals surface area contributed by atoms with Gasteiger partial charge in [-0.25, -0.2) is 13.8 Å². The summed E-state index contributed by atoms with van der Waals surface area (Å²) in [5, 5.41) is 3.29. The minimum atomic E-state index is -0.854. The van der Waals surface area contributed by atoms with Crippen LogP contribution in [0.25, 0.3) is 20.7 Å². The zero-order chi connectivity index (χ0) is 21.3. The molecule has 2 heterocycles. The number of nitrogens with one attached hydrogen (secondary N) is 1. The monoisotopic (exact) mass is 443 g/mol. The molecule has 0 saturated heterocycles. The van der Waals surface area contributed by atoms with Crippen LogP contribution >= 0.6 is 23.1 Å². The summed E-state index contributed by atoms with van der Waals surface area (Å²) < 4.78 is 28.1. The van der Waals surface area contributed by atoms with Crippen LogP contribution in [0.15, 0.2) is 64.5 Å². The highest BCUT2D eigenvalue weighted by atomic mass is 32.2. The van der Waals surface area contributed by atoms with Crippen molar-refractivity contribution < 1.29 is 13.6 Å². The Kier molecular flexibility index (Phi) is 5.65. The summed E-state index contributed by atoms with van der Waals surface area (Å²) in [4.78, 5) is 31.0. The number of halogens is 2. The van der Waals surface area contributed by atoms with Gasteiger partial charge in [0.05, 0.1) is 16.8 Å². The van der Waals surface area contributed by atoms with Crippen LogP contribution in [0.1, 0.15) is 0 Å². The summed E-state index contributed by atoms with van der Waals surface area (Å²) in [5.74, 6) is -2.15. The van der Waals surface area contributed by atoms with Crippen molar-refractivity contribution >= 4 is 44.9 Å². The molecule has 0 unspecified atom stereocenters. The van der Waals surface area contributed by atoms with Crippen LogP contribution in [0.3, 0.4) is 0 Å². The summed E-state index contributed by atoms with van der Waals surface area (Å²) in [5.41, 5.74) is 0.688. The lowest BCUT2D eigenvalue weighted by Gasteiger charge is -2.08. The summed E-state index contributed by atoms with van der Waals surface area (Å²) in [6.07, 6.45) is 0. The number of hydrogen-bond donors (Lipinski definition) is 1. The van der Waals surface area contributed by atoms with Gasteiger partial charge in [-0.05, 0) is 23.8 Å². The predicted octanol–water partition coefficient (Wildman–Crippen LogP) is 4.67. The van der Waals surface area contributed by atoms with Crippen molar-refractivity contribution in [3.63, 3.8) is 0 Å². The number of carbonyl (C=O) groups is 1. The number of rotatable bonds is 5. The average molecular weight is 444 g/mol. The van der Waals surface area contributed by atoms with E-state index in [1.807, 2.05) is 36.4 Å². The Labute approximate surface area is 178 Å². The Hall–Kier alpha value is -3.04. The fraction of sp³-hybridized carbons (Fsp3) is 0.0952. The Morgan fingerprint density at radius 3 is 2.67 bits per heavy atom. The van der Waals surface area contributed by atoms with Crippen molar-refractivity contribution in [1.29, 1.82) is 0 Å². The second-order valence-corrected chi connectivity index (χ2v) is 8.39. The van der Waals surface area contributed by atoms with Gasteiger partial charge in [-0.15, -0.1) is 11.3 Å². The third kappa shape index (κ3) is 4.12. The third-order valence-electron chi connectivity index (χ3n) is 4.33. The molecule has 0 radical (unpaired) electrons. The minimum absolute atomic E-state index is 0.0838. The van der Waals surface area contributed by atoms with Crippen molar-refractivity contribution in [2.75, 3.05) is 11.1 Å².